The molecular weight excluding hydrogens is 526 g/mol. The van der Waals surface area contributed by atoms with Crippen LogP contribution in [-0.4, -0.2) is 27.3 Å². The molecule has 1 amide bonds. The number of hydrogen-bond donors (Lipinski definition) is 4. The number of benzene rings is 3. The fraction of sp³-hybridized carbons (Fsp3) is 0.241. The lowest BCUT2D eigenvalue weighted by atomic mass is 9.96. The van der Waals surface area contributed by atoms with E-state index in [0.29, 0.717) is 29.7 Å². The van der Waals surface area contributed by atoms with Crippen LogP contribution < -0.4 is 16.4 Å². The quantitative estimate of drug-likeness (QED) is 0.204. The molecule has 7 nitrogen and oxygen atoms in total. The van der Waals surface area contributed by atoms with Crippen molar-refractivity contribution in [2.24, 2.45) is 11.7 Å². The van der Waals surface area contributed by atoms with E-state index >= 15 is 4.39 Å². The largest absolute Gasteiger partial charge is 0.508 e. The Balaban J connectivity index is 1.49. The molecule has 5 N–H and O–H groups in total. The van der Waals surface area contributed by atoms with Crippen molar-refractivity contribution in [3.8, 4) is 11.4 Å². The van der Waals surface area contributed by atoms with Gasteiger partial charge < -0.3 is 21.5 Å². The van der Waals surface area contributed by atoms with Gasteiger partial charge in [-0.3, -0.25) is 4.79 Å². The van der Waals surface area contributed by atoms with Crippen molar-refractivity contribution in [2.75, 3.05) is 11.9 Å². The van der Waals surface area contributed by atoms with E-state index in [1.807, 2.05) is 0 Å². The van der Waals surface area contributed by atoms with Gasteiger partial charge in [-0.1, -0.05) is 30.3 Å². The Kier molecular flexibility index (Phi) is 7.59. The van der Waals surface area contributed by atoms with E-state index in [2.05, 4.69) is 15.7 Å². The molecule has 0 aliphatic heterocycles. The number of rotatable bonds is 9. The number of nitrogens with one attached hydrogen (secondary N) is 2. The van der Waals surface area contributed by atoms with Crippen LogP contribution >= 0.6 is 0 Å². The normalized spacial score (nSPS) is 14.2. The third kappa shape index (κ3) is 6.00. The predicted molar refractivity (Wildman–Crippen MR) is 141 cm³/mol. The maximum Gasteiger partial charge on any atom is 0.435 e. The molecule has 1 heterocycles. The number of hydrogen-bond acceptors (Lipinski definition) is 5. The monoisotopic (exact) mass is 553 g/mol. The van der Waals surface area contributed by atoms with Crippen molar-refractivity contribution in [1.82, 2.24) is 15.1 Å². The molecule has 5 rings (SSSR count). The zero-order valence-electron chi connectivity index (χ0n) is 21.3. The molecule has 0 radical (unpaired) electrons. The maximum absolute atomic E-state index is 15.1. The number of aromatic hydroxyl groups is 1. The molecule has 3 aromatic carbocycles. The summed E-state index contributed by atoms with van der Waals surface area (Å²) in [6, 6.07) is 16.8. The number of anilines is 1. The summed E-state index contributed by atoms with van der Waals surface area (Å²) in [7, 11) is 0. The molecule has 0 spiro atoms. The number of nitrogens with zero attached hydrogens (tertiary/aromatic N) is 2. The highest BCUT2D eigenvalue weighted by molar-refractivity contribution is 6.03. The Labute approximate surface area is 227 Å². The van der Waals surface area contributed by atoms with E-state index in [-0.39, 0.29) is 34.9 Å². The third-order valence-corrected chi connectivity index (χ3v) is 6.74. The minimum absolute atomic E-state index is 0.0204. The summed E-state index contributed by atoms with van der Waals surface area (Å²) in [6.07, 6.45) is -2.67. The van der Waals surface area contributed by atoms with Gasteiger partial charge in [0.25, 0.3) is 5.91 Å². The molecule has 1 unspecified atom stereocenters. The second kappa shape index (κ2) is 11.1. The van der Waals surface area contributed by atoms with Crippen LogP contribution in [0.3, 0.4) is 0 Å². The van der Waals surface area contributed by atoms with Crippen LogP contribution in [0.4, 0.5) is 23.2 Å². The van der Waals surface area contributed by atoms with Gasteiger partial charge in [-0.15, -0.1) is 0 Å². The highest BCUT2D eigenvalue weighted by Gasteiger charge is 2.36. The van der Waals surface area contributed by atoms with Crippen molar-refractivity contribution in [3.05, 3.63) is 107 Å². The van der Waals surface area contributed by atoms with E-state index in [1.54, 1.807) is 36.4 Å². The number of para-hydroxylation sites is 1. The second-order valence-corrected chi connectivity index (χ2v) is 9.73. The molecule has 1 saturated carbocycles. The van der Waals surface area contributed by atoms with Crippen LogP contribution in [0.15, 0.2) is 72.8 Å². The van der Waals surface area contributed by atoms with E-state index in [4.69, 9.17) is 5.73 Å². The van der Waals surface area contributed by atoms with Crippen LogP contribution in [0.2, 0.25) is 0 Å². The van der Waals surface area contributed by atoms with Crippen molar-refractivity contribution < 1.29 is 27.5 Å². The summed E-state index contributed by atoms with van der Waals surface area (Å²) in [6.45, 7) is 0.754. The van der Waals surface area contributed by atoms with E-state index < -0.39 is 29.6 Å². The number of aromatic nitrogens is 2. The average Bonchev–Trinajstić information content (AvgIpc) is 3.64. The summed E-state index contributed by atoms with van der Waals surface area (Å²) < 4.78 is 56.7. The maximum atomic E-state index is 15.1. The van der Waals surface area contributed by atoms with Gasteiger partial charge in [-0.25, -0.2) is 9.07 Å². The summed E-state index contributed by atoms with van der Waals surface area (Å²) >= 11 is 0. The van der Waals surface area contributed by atoms with Gasteiger partial charge in [0.2, 0.25) is 0 Å². The highest BCUT2D eigenvalue weighted by atomic mass is 19.4. The molecule has 1 aromatic heterocycles. The van der Waals surface area contributed by atoms with Gasteiger partial charge in [0.1, 0.15) is 17.3 Å². The molecule has 1 fully saturated rings. The molecule has 1 aliphatic carbocycles. The Morgan fingerprint density at radius 3 is 2.52 bits per heavy atom. The number of phenols is 1. The number of halogens is 4. The molecule has 1 aliphatic rings. The Morgan fingerprint density at radius 1 is 1.05 bits per heavy atom. The first-order valence-corrected chi connectivity index (χ1v) is 12.7. The average molecular weight is 554 g/mol. The van der Waals surface area contributed by atoms with Crippen LogP contribution in [0.1, 0.15) is 51.8 Å². The first kappa shape index (κ1) is 27.4. The van der Waals surface area contributed by atoms with Gasteiger partial charge in [0, 0.05) is 29.4 Å². The van der Waals surface area contributed by atoms with E-state index in [9.17, 15) is 23.1 Å². The van der Waals surface area contributed by atoms with Crippen LogP contribution in [-0.2, 0) is 12.7 Å². The molecule has 4 aromatic rings. The summed E-state index contributed by atoms with van der Waals surface area (Å²) in [5.74, 6) is -1.01. The zero-order valence-corrected chi connectivity index (χ0v) is 21.3. The number of carbonyl (C=O) groups is 1. The van der Waals surface area contributed by atoms with Gasteiger partial charge in [0.05, 0.1) is 11.7 Å². The molecule has 208 valence electrons. The number of phenolic OH excluding ortho intramolecular Hbond substituents is 1. The van der Waals surface area contributed by atoms with Gasteiger partial charge in [0.15, 0.2) is 5.69 Å². The van der Waals surface area contributed by atoms with E-state index in [1.165, 1.54) is 30.3 Å². The Morgan fingerprint density at radius 2 is 1.82 bits per heavy atom. The zero-order chi connectivity index (χ0) is 28.4. The second-order valence-electron chi connectivity index (χ2n) is 9.73. The summed E-state index contributed by atoms with van der Waals surface area (Å²) in [5.41, 5.74) is 5.73. The molecule has 40 heavy (non-hydrogen) atoms. The molecule has 1 atom stereocenters. The fourth-order valence-corrected chi connectivity index (χ4v) is 4.46. The summed E-state index contributed by atoms with van der Waals surface area (Å²) in [4.78, 5) is 13.3. The summed E-state index contributed by atoms with van der Waals surface area (Å²) in [5, 5.41) is 20.0. The lowest BCUT2D eigenvalue weighted by Crippen LogP contribution is -2.26. The van der Waals surface area contributed by atoms with Crippen molar-refractivity contribution in [2.45, 2.75) is 31.6 Å². The molecule has 11 heteroatoms. The number of amides is 1. The Hall–Kier alpha value is -4.22. The van der Waals surface area contributed by atoms with Crippen LogP contribution in [0, 0.1) is 11.7 Å². The number of alkyl halides is 3. The fourth-order valence-electron chi connectivity index (χ4n) is 4.46. The highest BCUT2D eigenvalue weighted by Crippen LogP contribution is 2.35. The minimum Gasteiger partial charge on any atom is -0.508 e. The van der Waals surface area contributed by atoms with Gasteiger partial charge in [-0.2, -0.15) is 18.3 Å². The van der Waals surface area contributed by atoms with Crippen LogP contribution in [0.25, 0.3) is 5.69 Å². The topological polar surface area (TPSA) is 105 Å². The first-order chi connectivity index (χ1) is 19.1. The van der Waals surface area contributed by atoms with Gasteiger partial charge in [-0.05, 0) is 67.3 Å². The lowest BCUT2D eigenvalue weighted by Gasteiger charge is -2.22. The van der Waals surface area contributed by atoms with Crippen molar-refractivity contribution in [3.63, 3.8) is 0 Å². The lowest BCUT2D eigenvalue weighted by molar-refractivity contribution is -0.141. The number of nitrogens with two attached hydrogens (primary N) is 1. The third-order valence-electron chi connectivity index (χ3n) is 6.74. The Bertz CT molecular complexity index is 1530. The van der Waals surface area contributed by atoms with E-state index in [0.717, 1.165) is 17.5 Å². The van der Waals surface area contributed by atoms with Crippen molar-refractivity contribution in [1.29, 1.82) is 0 Å². The minimum atomic E-state index is -4.78. The van der Waals surface area contributed by atoms with Crippen molar-refractivity contribution >= 4 is 11.6 Å². The molecule has 0 saturated heterocycles. The first-order valence-electron chi connectivity index (χ1n) is 12.7. The standard InChI is InChI=1S/C29H27F4N5O2/c30-23-11-10-19(13-22(23)27(35-16-17-8-9-17)21-6-1-2-7-25(21)39)36-28(40)24-14-26(29(31,32)33)37-38(24)20-5-3-4-18(12-20)15-34/h1-7,10-14,17,27,35,39H,8-9,15-16,34H2,(H,36,40). The predicted octanol–water partition coefficient (Wildman–Crippen LogP) is 5.54. The molecule has 0 bridgehead atoms. The SMILES string of the molecule is NCc1cccc(-n2nc(C(F)(F)F)cc2C(=O)Nc2ccc(F)c(C(NCC3CC3)c3ccccc3O)c2)c1. The smallest absolute Gasteiger partial charge is 0.435 e. The van der Waals surface area contributed by atoms with Crippen LogP contribution in [0.5, 0.6) is 5.75 Å². The number of carbonyl (C=O) groups excluding carboxylic acids is 1. The van der Waals surface area contributed by atoms with Gasteiger partial charge >= 0.3 is 6.18 Å². The molecular formula is C29H27F4N5O2.